The molecule has 1 aromatic rings. The van der Waals surface area contributed by atoms with Crippen molar-refractivity contribution in [3.63, 3.8) is 0 Å². The van der Waals surface area contributed by atoms with Crippen LogP contribution in [0, 0.1) is 0 Å². The molecule has 186 valence electrons. The first-order chi connectivity index (χ1) is 14.8. The fourth-order valence-electron chi connectivity index (χ4n) is 3.71. The number of hydrogen-bond donors (Lipinski definition) is 2. The Morgan fingerprint density at radius 1 is 1.09 bits per heavy atom. The largest absolute Gasteiger partial charge is 0.414 e. The Morgan fingerprint density at radius 2 is 1.67 bits per heavy atom. The molecule has 2 N–H and O–H groups in total. The molecule has 33 heavy (non-hydrogen) atoms. The van der Waals surface area contributed by atoms with Crippen LogP contribution in [-0.4, -0.2) is 56.2 Å². The molecule has 0 amide bonds. The van der Waals surface area contributed by atoms with Gasteiger partial charge in [-0.1, -0.05) is 41.5 Å². The summed E-state index contributed by atoms with van der Waals surface area (Å²) < 4.78 is 20.9. The van der Waals surface area contributed by atoms with Crippen LogP contribution in [0.4, 0.5) is 0 Å². The number of ether oxygens (including phenoxy) is 1. The van der Waals surface area contributed by atoms with Crippen molar-refractivity contribution in [2.75, 3.05) is 6.61 Å². The van der Waals surface area contributed by atoms with Gasteiger partial charge in [-0.2, -0.15) is 0 Å². The normalized spacial score (nSPS) is 28.0. The van der Waals surface area contributed by atoms with E-state index < -0.39 is 51.9 Å². The van der Waals surface area contributed by atoms with Gasteiger partial charge in [0.15, 0.2) is 22.4 Å². The van der Waals surface area contributed by atoms with E-state index in [1.165, 1.54) is 10.6 Å². The second-order valence-electron chi connectivity index (χ2n) is 12.3. The molecule has 0 saturated carbocycles. The molecule has 1 fully saturated rings. The summed E-state index contributed by atoms with van der Waals surface area (Å²) in [5.74, 6) is 0. The van der Waals surface area contributed by atoms with Gasteiger partial charge in [0.25, 0.3) is 5.56 Å². The number of rotatable bonds is 5. The number of nitrogens with one attached hydrogen (secondary N) is 1. The SMILES string of the molecule is CC(C)(C)[Si](C)(C)OC[C@H]1O[C@@]2(C=Cc3cc(=O)[nH]c(=O)n32)[C@@H](O)[C@@H]1O[Si](C)(C)C(C)(C)C. The Kier molecular flexibility index (Phi) is 6.48. The highest BCUT2D eigenvalue weighted by molar-refractivity contribution is 6.74. The van der Waals surface area contributed by atoms with E-state index in [-0.39, 0.29) is 16.7 Å². The molecular formula is C23H40N2O6Si2. The maximum atomic E-state index is 12.8. The minimum absolute atomic E-state index is 0.00791. The Bertz CT molecular complexity index is 1050. The Hall–Kier alpha value is -1.31. The minimum atomic E-state index is -2.30. The summed E-state index contributed by atoms with van der Waals surface area (Å²) >= 11 is 0. The van der Waals surface area contributed by atoms with Crippen molar-refractivity contribution in [2.45, 2.75) is 102 Å². The first-order valence-electron chi connectivity index (χ1n) is 11.6. The Labute approximate surface area is 198 Å². The second kappa shape index (κ2) is 8.13. The standard InChI is InChI=1S/C23H40N2O6Si2/c1-21(2,3)32(7,8)29-14-16-18(31-33(9,10)22(4,5)6)19(27)23(30-16)12-11-15-13-17(26)24-20(28)25(15)23/h11-13,16,18-19,27H,14H2,1-10H3,(H,24,26,28)/t16-,18-,19+,23+/m1/s1. The highest BCUT2D eigenvalue weighted by Crippen LogP contribution is 2.46. The first kappa shape index (κ1) is 26.3. The summed E-state index contributed by atoms with van der Waals surface area (Å²) in [6.45, 7) is 21.7. The predicted octanol–water partition coefficient (Wildman–Crippen LogP) is 3.39. The fraction of sp³-hybridized carbons (Fsp3) is 0.739. The van der Waals surface area contributed by atoms with E-state index in [0.29, 0.717) is 5.69 Å². The van der Waals surface area contributed by atoms with E-state index in [0.717, 1.165) is 0 Å². The molecular weight excluding hydrogens is 456 g/mol. The van der Waals surface area contributed by atoms with Crippen molar-refractivity contribution in [2.24, 2.45) is 0 Å². The molecule has 8 nitrogen and oxygen atoms in total. The minimum Gasteiger partial charge on any atom is -0.414 e. The third-order valence-corrected chi connectivity index (χ3v) is 16.9. The second-order valence-corrected chi connectivity index (χ2v) is 21.9. The Morgan fingerprint density at radius 3 is 2.21 bits per heavy atom. The van der Waals surface area contributed by atoms with E-state index in [4.69, 9.17) is 13.6 Å². The van der Waals surface area contributed by atoms with Crippen LogP contribution in [0.3, 0.4) is 0 Å². The highest BCUT2D eigenvalue weighted by Gasteiger charge is 2.59. The smallest absolute Gasteiger partial charge is 0.331 e. The molecule has 1 aromatic heterocycles. The molecule has 0 radical (unpaired) electrons. The van der Waals surface area contributed by atoms with Crippen LogP contribution in [0.5, 0.6) is 0 Å². The van der Waals surface area contributed by atoms with Crippen LogP contribution in [0.1, 0.15) is 47.2 Å². The summed E-state index contributed by atoms with van der Waals surface area (Å²) in [5, 5.41) is 11.5. The summed E-state index contributed by atoms with van der Waals surface area (Å²) in [6, 6.07) is 1.33. The summed E-state index contributed by atoms with van der Waals surface area (Å²) in [6.07, 6.45) is 0.861. The van der Waals surface area contributed by atoms with Gasteiger partial charge in [-0.15, -0.1) is 0 Å². The van der Waals surface area contributed by atoms with Gasteiger partial charge in [-0.3, -0.25) is 14.3 Å². The van der Waals surface area contributed by atoms with Gasteiger partial charge in [0.2, 0.25) is 0 Å². The third kappa shape index (κ3) is 4.53. The van der Waals surface area contributed by atoms with Crippen molar-refractivity contribution >= 4 is 22.7 Å². The lowest BCUT2D eigenvalue weighted by atomic mass is 10.0. The molecule has 1 saturated heterocycles. The van der Waals surface area contributed by atoms with Crippen molar-refractivity contribution in [1.82, 2.24) is 9.55 Å². The average Bonchev–Trinajstić information content (AvgIpc) is 3.11. The van der Waals surface area contributed by atoms with E-state index >= 15 is 0 Å². The lowest BCUT2D eigenvalue weighted by Crippen LogP contribution is -2.53. The summed E-state index contributed by atoms with van der Waals surface area (Å²) in [4.78, 5) is 26.9. The van der Waals surface area contributed by atoms with E-state index in [9.17, 15) is 14.7 Å². The number of H-pyrrole nitrogens is 1. The van der Waals surface area contributed by atoms with Gasteiger partial charge in [0, 0.05) is 6.07 Å². The Balaban J connectivity index is 2.02. The van der Waals surface area contributed by atoms with Crippen LogP contribution in [0.2, 0.25) is 36.3 Å². The zero-order valence-electron chi connectivity index (χ0n) is 21.6. The van der Waals surface area contributed by atoms with Gasteiger partial charge in [0.05, 0.1) is 12.3 Å². The molecule has 2 aliphatic rings. The molecule has 3 rings (SSSR count). The van der Waals surface area contributed by atoms with Crippen molar-refractivity contribution in [3.05, 3.63) is 38.7 Å². The fourth-order valence-corrected chi connectivity index (χ4v) is 6.04. The van der Waals surface area contributed by atoms with Crippen molar-refractivity contribution < 1.29 is 18.7 Å². The third-order valence-electron chi connectivity index (χ3n) is 7.91. The average molecular weight is 497 g/mol. The zero-order valence-corrected chi connectivity index (χ0v) is 23.6. The predicted molar refractivity (Wildman–Crippen MR) is 134 cm³/mol. The quantitative estimate of drug-likeness (QED) is 0.606. The topological polar surface area (TPSA) is 103 Å². The van der Waals surface area contributed by atoms with E-state index in [2.05, 4.69) is 72.7 Å². The molecule has 1 spiro atoms. The van der Waals surface area contributed by atoms with Crippen LogP contribution in [0.15, 0.2) is 21.7 Å². The van der Waals surface area contributed by atoms with Gasteiger partial charge >= 0.3 is 5.69 Å². The zero-order chi connectivity index (χ0) is 25.2. The molecule has 2 aliphatic heterocycles. The van der Waals surface area contributed by atoms with Gasteiger partial charge < -0.3 is 18.7 Å². The first-order valence-corrected chi connectivity index (χ1v) is 17.4. The molecule has 4 atom stereocenters. The van der Waals surface area contributed by atoms with Crippen LogP contribution in [0.25, 0.3) is 6.08 Å². The number of nitrogens with zero attached hydrogens (tertiary/aromatic N) is 1. The summed E-state index contributed by atoms with van der Waals surface area (Å²) in [7, 11) is -4.40. The van der Waals surface area contributed by atoms with Gasteiger partial charge in [-0.25, -0.2) is 4.79 Å². The molecule has 10 heteroatoms. The summed E-state index contributed by atoms with van der Waals surface area (Å²) in [5.41, 5.74) is -2.18. The number of aliphatic hydroxyl groups is 1. The number of aromatic amines is 1. The van der Waals surface area contributed by atoms with Gasteiger partial charge in [-0.05, 0) is 48.4 Å². The van der Waals surface area contributed by atoms with Gasteiger partial charge in [0.1, 0.15) is 18.3 Å². The molecule has 0 aliphatic carbocycles. The molecule has 0 aromatic carbocycles. The monoisotopic (exact) mass is 496 g/mol. The van der Waals surface area contributed by atoms with E-state index in [1.807, 2.05) is 0 Å². The molecule has 3 heterocycles. The van der Waals surface area contributed by atoms with Crippen molar-refractivity contribution in [1.29, 1.82) is 0 Å². The van der Waals surface area contributed by atoms with Crippen LogP contribution < -0.4 is 11.2 Å². The maximum Gasteiger partial charge on any atom is 0.331 e. The van der Waals surface area contributed by atoms with E-state index in [1.54, 1.807) is 12.2 Å². The lowest BCUT2D eigenvalue weighted by molar-refractivity contribution is -0.111. The number of aromatic nitrogens is 2. The number of fused-ring (bicyclic) bond motifs is 2. The lowest BCUT2D eigenvalue weighted by Gasteiger charge is -2.41. The van der Waals surface area contributed by atoms with Crippen LogP contribution >= 0.6 is 0 Å². The maximum absolute atomic E-state index is 12.8. The number of hydrogen-bond acceptors (Lipinski definition) is 6. The molecule has 0 bridgehead atoms. The highest BCUT2D eigenvalue weighted by atomic mass is 28.4. The van der Waals surface area contributed by atoms with Crippen molar-refractivity contribution in [3.8, 4) is 0 Å². The van der Waals surface area contributed by atoms with Crippen LogP contribution in [-0.2, 0) is 19.3 Å². The molecule has 0 unspecified atom stereocenters. The number of aliphatic hydroxyl groups excluding tert-OH is 1.